The molecule has 3 rings (SSSR count). The molecule has 8 heteroatoms. The number of rotatable bonds is 5. The summed E-state index contributed by atoms with van der Waals surface area (Å²) >= 11 is 0. The molecule has 0 aliphatic carbocycles. The maximum Gasteiger partial charge on any atom is 0.233 e. The summed E-state index contributed by atoms with van der Waals surface area (Å²) in [5, 5.41) is 7.68. The van der Waals surface area contributed by atoms with Crippen LogP contribution in [0.3, 0.4) is 0 Å². The highest BCUT2D eigenvalue weighted by atomic mass is 16.5. The highest BCUT2D eigenvalue weighted by molar-refractivity contribution is 5.73. The summed E-state index contributed by atoms with van der Waals surface area (Å²) in [6, 6.07) is 0.353. The van der Waals surface area contributed by atoms with Crippen LogP contribution in [0.15, 0.2) is 24.8 Å². The molecular formula is C16H22N6O2. The Morgan fingerprint density at radius 2 is 2.12 bits per heavy atom. The van der Waals surface area contributed by atoms with Crippen LogP contribution in [-0.4, -0.2) is 50.8 Å². The number of aromatic nitrogens is 4. The first-order valence-corrected chi connectivity index (χ1v) is 8.04. The van der Waals surface area contributed by atoms with Crippen molar-refractivity contribution in [2.45, 2.75) is 32.4 Å². The molecule has 0 saturated carbocycles. The van der Waals surface area contributed by atoms with Crippen LogP contribution in [0, 0.1) is 0 Å². The third kappa shape index (κ3) is 3.81. The van der Waals surface area contributed by atoms with E-state index in [1.54, 1.807) is 26.4 Å². The van der Waals surface area contributed by atoms with E-state index in [1.165, 1.54) is 0 Å². The Labute approximate surface area is 140 Å². The second-order valence-corrected chi connectivity index (χ2v) is 5.87. The quantitative estimate of drug-likeness (QED) is 0.894. The summed E-state index contributed by atoms with van der Waals surface area (Å²) in [4.78, 5) is 21.6. The van der Waals surface area contributed by atoms with E-state index in [4.69, 9.17) is 4.74 Å². The van der Waals surface area contributed by atoms with Crippen molar-refractivity contribution in [3.8, 4) is 5.88 Å². The first-order valence-electron chi connectivity index (χ1n) is 8.04. The Hall–Kier alpha value is -2.64. The van der Waals surface area contributed by atoms with Gasteiger partial charge in [-0.2, -0.15) is 10.1 Å². The molecule has 0 unspecified atom stereocenters. The fraction of sp³-hybridized carbons (Fsp3) is 0.500. The smallest absolute Gasteiger partial charge is 0.233 e. The van der Waals surface area contributed by atoms with Gasteiger partial charge in [0.05, 0.1) is 31.7 Å². The van der Waals surface area contributed by atoms with Gasteiger partial charge in [-0.15, -0.1) is 0 Å². The number of hydrogen-bond donors (Lipinski definition) is 1. The van der Waals surface area contributed by atoms with Gasteiger partial charge in [-0.05, 0) is 12.8 Å². The van der Waals surface area contributed by atoms with E-state index in [-0.39, 0.29) is 5.91 Å². The first-order chi connectivity index (χ1) is 11.7. The van der Waals surface area contributed by atoms with Gasteiger partial charge in [-0.1, -0.05) is 0 Å². The van der Waals surface area contributed by atoms with E-state index >= 15 is 0 Å². The second-order valence-electron chi connectivity index (χ2n) is 5.87. The largest absolute Gasteiger partial charge is 0.480 e. The lowest BCUT2D eigenvalue weighted by atomic mass is 10.1. The number of ether oxygens (including phenoxy) is 1. The van der Waals surface area contributed by atoms with Crippen molar-refractivity contribution in [2.24, 2.45) is 0 Å². The maximum atomic E-state index is 11.4. The number of amides is 1. The van der Waals surface area contributed by atoms with Crippen molar-refractivity contribution < 1.29 is 9.53 Å². The zero-order chi connectivity index (χ0) is 16.9. The zero-order valence-corrected chi connectivity index (χ0v) is 14.0. The third-order valence-electron chi connectivity index (χ3n) is 4.23. The average Bonchev–Trinajstić information content (AvgIpc) is 3.09. The molecule has 1 aliphatic rings. The van der Waals surface area contributed by atoms with Crippen LogP contribution in [0.2, 0.25) is 0 Å². The topological polar surface area (TPSA) is 85.2 Å². The van der Waals surface area contributed by atoms with Crippen LogP contribution in [0.5, 0.6) is 5.88 Å². The molecule has 0 aromatic carbocycles. The molecule has 2 aromatic rings. The molecule has 1 fully saturated rings. The van der Waals surface area contributed by atoms with Crippen molar-refractivity contribution in [1.82, 2.24) is 24.6 Å². The molecule has 3 heterocycles. The Morgan fingerprint density at radius 1 is 1.33 bits per heavy atom. The summed E-state index contributed by atoms with van der Waals surface area (Å²) in [5.74, 6) is 1.29. The first kappa shape index (κ1) is 16.2. The van der Waals surface area contributed by atoms with Gasteiger partial charge in [0.15, 0.2) is 0 Å². The van der Waals surface area contributed by atoms with Crippen LogP contribution >= 0.6 is 0 Å². The fourth-order valence-corrected chi connectivity index (χ4v) is 2.84. The van der Waals surface area contributed by atoms with Crippen molar-refractivity contribution in [3.05, 3.63) is 30.4 Å². The van der Waals surface area contributed by atoms with Gasteiger partial charge in [0, 0.05) is 38.3 Å². The van der Waals surface area contributed by atoms with Crippen LogP contribution in [0.25, 0.3) is 0 Å². The standard InChI is InChI=1S/C16H22N6O2/c1-12(23)21-5-3-14(4-6-21)22-11-13(8-19-22)7-18-15-9-17-10-16(20-15)24-2/h8-11,14H,3-7H2,1-2H3,(H,18,20). The maximum absolute atomic E-state index is 11.4. The molecule has 0 radical (unpaired) electrons. The lowest BCUT2D eigenvalue weighted by molar-refractivity contribution is -0.130. The van der Waals surface area contributed by atoms with Crippen molar-refractivity contribution in [1.29, 1.82) is 0 Å². The van der Waals surface area contributed by atoms with Crippen LogP contribution in [0.4, 0.5) is 5.82 Å². The lowest BCUT2D eigenvalue weighted by Crippen LogP contribution is -2.37. The minimum atomic E-state index is 0.151. The van der Waals surface area contributed by atoms with Gasteiger partial charge in [-0.25, -0.2) is 0 Å². The second kappa shape index (κ2) is 7.29. The van der Waals surface area contributed by atoms with Gasteiger partial charge < -0.3 is 15.0 Å². The Kier molecular flexibility index (Phi) is 4.93. The van der Waals surface area contributed by atoms with Crippen molar-refractivity contribution >= 4 is 11.7 Å². The highest BCUT2D eigenvalue weighted by Crippen LogP contribution is 2.22. The Balaban J connectivity index is 1.55. The van der Waals surface area contributed by atoms with E-state index in [1.807, 2.05) is 15.8 Å². The van der Waals surface area contributed by atoms with Crippen molar-refractivity contribution in [2.75, 3.05) is 25.5 Å². The van der Waals surface area contributed by atoms with Gasteiger partial charge in [0.25, 0.3) is 0 Å². The number of piperidine rings is 1. The highest BCUT2D eigenvalue weighted by Gasteiger charge is 2.22. The predicted molar refractivity (Wildman–Crippen MR) is 88.7 cm³/mol. The Morgan fingerprint density at radius 3 is 2.83 bits per heavy atom. The van der Waals surface area contributed by atoms with Crippen molar-refractivity contribution in [3.63, 3.8) is 0 Å². The summed E-state index contributed by atoms with van der Waals surface area (Å²) in [7, 11) is 1.56. The molecular weight excluding hydrogens is 308 g/mol. The van der Waals surface area contributed by atoms with E-state index in [0.29, 0.717) is 24.3 Å². The normalized spacial score (nSPS) is 15.3. The lowest BCUT2D eigenvalue weighted by Gasteiger charge is -2.31. The minimum absolute atomic E-state index is 0.151. The van der Waals surface area contributed by atoms with Gasteiger partial charge in [0.1, 0.15) is 5.82 Å². The SMILES string of the molecule is COc1cncc(NCc2cnn(C3CCN(C(C)=O)CC3)c2)n1. The molecule has 1 saturated heterocycles. The summed E-state index contributed by atoms with van der Waals surface area (Å²) in [6.07, 6.45) is 9.01. The summed E-state index contributed by atoms with van der Waals surface area (Å²) in [6.45, 7) is 3.84. The number of methoxy groups -OCH3 is 1. The number of carbonyl (C=O) groups is 1. The summed E-state index contributed by atoms with van der Waals surface area (Å²) < 4.78 is 7.06. The average molecular weight is 330 g/mol. The minimum Gasteiger partial charge on any atom is -0.480 e. The number of anilines is 1. The molecule has 24 heavy (non-hydrogen) atoms. The predicted octanol–water partition coefficient (Wildman–Crippen LogP) is 1.48. The molecule has 8 nitrogen and oxygen atoms in total. The molecule has 128 valence electrons. The molecule has 0 spiro atoms. The van der Waals surface area contributed by atoms with Gasteiger partial charge in [0.2, 0.25) is 11.8 Å². The number of likely N-dealkylation sites (tertiary alicyclic amines) is 1. The third-order valence-corrected chi connectivity index (χ3v) is 4.23. The Bertz CT molecular complexity index is 693. The molecule has 1 amide bonds. The van der Waals surface area contributed by atoms with Crippen LogP contribution in [-0.2, 0) is 11.3 Å². The number of hydrogen-bond acceptors (Lipinski definition) is 6. The number of nitrogens with one attached hydrogen (secondary N) is 1. The van der Waals surface area contributed by atoms with E-state index in [9.17, 15) is 4.79 Å². The van der Waals surface area contributed by atoms with Gasteiger partial charge in [-0.3, -0.25) is 14.5 Å². The molecule has 0 bridgehead atoms. The molecule has 0 atom stereocenters. The fourth-order valence-electron chi connectivity index (χ4n) is 2.84. The molecule has 1 aliphatic heterocycles. The van der Waals surface area contributed by atoms with Crippen LogP contribution < -0.4 is 10.1 Å². The monoisotopic (exact) mass is 330 g/mol. The zero-order valence-electron chi connectivity index (χ0n) is 14.0. The molecule has 1 N–H and O–H groups in total. The summed E-state index contributed by atoms with van der Waals surface area (Å²) in [5.41, 5.74) is 1.08. The molecule has 2 aromatic heterocycles. The van der Waals surface area contributed by atoms with E-state index < -0.39 is 0 Å². The number of nitrogens with zero attached hydrogens (tertiary/aromatic N) is 5. The van der Waals surface area contributed by atoms with E-state index in [0.717, 1.165) is 31.5 Å². The van der Waals surface area contributed by atoms with Crippen LogP contribution in [0.1, 0.15) is 31.4 Å². The number of carbonyl (C=O) groups excluding carboxylic acids is 1. The van der Waals surface area contributed by atoms with Gasteiger partial charge >= 0.3 is 0 Å². The van der Waals surface area contributed by atoms with E-state index in [2.05, 4.69) is 26.6 Å².